The molecule has 0 saturated heterocycles. The van der Waals surface area contributed by atoms with Gasteiger partial charge in [-0.25, -0.2) is 14.4 Å². The Morgan fingerprint density at radius 1 is 1.07 bits per heavy atom. The Bertz CT molecular complexity index is 1170. The van der Waals surface area contributed by atoms with Crippen LogP contribution in [0.25, 0.3) is 33.4 Å². The Kier molecular flexibility index (Phi) is 4.79. The van der Waals surface area contributed by atoms with Crippen LogP contribution in [0.2, 0.25) is 5.02 Å². The topological polar surface area (TPSA) is 59.9 Å². The van der Waals surface area contributed by atoms with Crippen LogP contribution in [0, 0.1) is 5.82 Å². The summed E-state index contributed by atoms with van der Waals surface area (Å²) in [7, 11) is 3.35. The fraction of sp³-hybridized carbons (Fsp3) is 0.0952. The summed E-state index contributed by atoms with van der Waals surface area (Å²) in [4.78, 5) is 13.4. The van der Waals surface area contributed by atoms with Gasteiger partial charge in [0.1, 0.15) is 22.9 Å². The lowest BCUT2D eigenvalue weighted by molar-refractivity contribution is 0.419. The maximum Gasteiger partial charge on any atom is 0.163 e. The number of hydrogen-bond donors (Lipinski definition) is 1. The van der Waals surface area contributed by atoms with E-state index < -0.39 is 5.82 Å². The number of pyridine rings is 1. The number of anilines is 1. The van der Waals surface area contributed by atoms with Gasteiger partial charge in [-0.2, -0.15) is 0 Å². The molecule has 5 nitrogen and oxygen atoms in total. The number of benzene rings is 2. The third-order valence-corrected chi connectivity index (χ3v) is 4.79. The molecule has 2 aromatic carbocycles. The Morgan fingerprint density at radius 2 is 1.93 bits per heavy atom. The van der Waals surface area contributed by atoms with Gasteiger partial charge >= 0.3 is 0 Å². The van der Waals surface area contributed by atoms with Crippen molar-refractivity contribution in [2.45, 2.75) is 0 Å². The first-order valence-corrected chi connectivity index (χ1v) is 8.92. The monoisotopic (exact) mass is 394 g/mol. The van der Waals surface area contributed by atoms with E-state index in [4.69, 9.17) is 16.3 Å². The summed E-state index contributed by atoms with van der Waals surface area (Å²) in [6.45, 7) is 0. The minimum Gasteiger partial charge on any atom is -0.494 e. The van der Waals surface area contributed by atoms with E-state index in [-0.39, 0.29) is 5.02 Å². The van der Waals surface area contributed by atoms with E-state index in [0.717, 1.165) is 10.9 Å². The molecule has 0 unspecified atom stereocenters. The van der Waals surface area contributed by atoms with Gasteiger partial charge in [-0.1, -0.05) is 23.7 Å². The van der Waals surface area contributed by atoms with E-state index in [1.807, 2.05) is 18.2 Å². The molecule has 2 heterocycles. The maximum absolute atomic E-state index is 13.9. The molecule has 0 saturated carbocycles. The number of fused-ring (bicyclic) bond motifs is 1. The molecule has 1 N–H and O–H groups in total. The van der Waals surface area contributed by atoms with Crippen molar-refractivity contribution in [2.75, 3.05) is 19.5 Å². The van der Waals surface area contributed by atoms with Gasteiger partial charge in [0.05, 0.1) is 12.1 Å². The molecule has 0 amide bonds. The number of rotatable bonds is 4. The summed E-state index contributed by atoms with van der Waals surface area (Å²) in [6, 6.07) is 12.1. The van der Waals surface area contributed by atoms with Crippen LogP contribution >= 0.6 is 11.6 Å². The van der Waals surface area contributed by atoms with Gasteiger partial charge in [0, 0.05) is 36.0 Å². The number of nitrogens with zero attached hydrogens (tertiary/aromatic N) is 3. The van der Waals surface area contributed by atoms with E-state index in [1.54, 1.807) is 44.8 Å². The number of halogens is 2. The second kappa shape index (κ2) is 7.40. The van der Waals surface area contributed by atoms with Crippen molar-refractivity contribution < 1.29 is 9.13 Å². The van der Waals surface area contributed by atoms with E-state index >= 15 is 0 Å². The summed E-state index contributed by atoms with van der Waals surface area (Å²) in [6.07, 6.45) is 3.40. The molecule has 0 aliphatic heterocycles. The van der Waals surface area contributed by atoms with Crippen LogP contribution in [0.1, 0.15) is 0 Å². The SMILES string of the molecule is CNc1nc(-c2cccnc2)nc2c(OC)cc(-c3cccc(F)c3Cl)cc12. The highest BCUT2D eigenvalue weighted by atomic mass is 35.5. The van der Waals surface area contributed by atoms with Crippen molar-refractivity contribution in [3.63, 3.8) is 0 Å². The largest absolute Gasteiger partial charge is 0.494 e. The lowest BCUT2D eigenvalue weighted by Crippen LogP contribution is -2.01. The highest BCUT2D eigenvalue weighted by molar-refractivity contribution is 6.33. The Morgan fingerprint density at radius 3 is 2.64 bits per heavy atom. The van der Waals surface area contributed by atoms with Crippen molar-refractivity contribution in [3.05, 3.63) is 65.7 Å². The van der Waals surface area contributed by atoms with E-state index in [1.165, 1.54) is 6.07 Å². The van der Waals surface area contributed by atoms with Crippen LogP contribution in [0.3, 0.4) is 0 Å². The van der Waals surface area contributed by atoms with Gasteiger partial charge in [0.15, 0.2) is 5.82 Å². The molecular formula is C21H16ClFN4O. The molecular weight excluding hydrogens is 379 g/mol. The molecule has 2 aromatic heterocycles. The van der Waals surface area contributed by atoms with E-state index in [9.17, 15) is 4.39 Å². The highest BCUT2D eigenvalue weighted by Crippen LogP contribution is 2.38. The molecule has 0 bridgehead atoms. The number of hydrogen-bond acceptors (Lipinski definition) is 5. The van der Waals surface area contributed by atoms with Crippen molar-refractivity contribution in [2.24, 2.45) is 0 Å². The first-order valence-electron chi connectivity index (χ1n) is 8.54. The average Bonchev–Trinajstić information content (AvgIpc) is 2.74. The zero-order chi connectivity index (χ0) is 19.7. The van der Waals surface area contributed by atoms with Crippen LogP contribution in [0.15, 0.2) is 54.9 Å². The molecule has 0 radical (unpaired) electrons. The predicted octanol–water partition coefficient (Wildman–Crippen LogP) is 5.20. The predicted molar refractivity (Wildman–Crippen MR) is 109 cm³/mol. The first-order chi connectivity index (χ1) is 13.6. The minimum atomic E-state index is -0.477. The van der Waals surface area contributed by atoms with Crippen molar-refractivity contribution in [3.8, 4) is 28.3 Å². The van der Waals surface area contributed by atoms with Gasteiger partial charge in [-0.05, 0) is 35.9 Å². The van der Waals surface area contributed by atoms with Gasteiger partial charge in [0.25, 0.3) is 0 Å². The number of ether oxygens (including phenoxy) is 1. The van der Waals surface area contributed by atoms with Gasteiger partial charge in [-0.3, -0.25) is 4.98 Å². The number of nitrogens with one attached hydrogen (secondary N) is 1. The maximum atomic E-state index is 13.9. The third kappa shape index (κ3) is 3.12. The van der Waals surface area contributed by atoms with Crippen LogP contribution in [0.5, 0.6) is 5.75 Å². The second-order valence-electron chi connectivity index (χ2n) is 6.06. The van der Waals surface area contributed by atoms with Gasteiger partial charge < -0.3 is 10.1 Å². The van der Waals surface area contributed by atoms with Crippen LogP contribution in [-0.4, -0.2) is 29.1 Å². The molecule has 140 valence electrons. The molecule has 28 heavy (non-hydrogen) atoms. The first kappa shape index (κ1) is 18.1. The average molecular weight is 395 g/mol. The summed E-state index contributed by atoms with van der Waals surface area (Å²) in [5, 5.41) is 3.90. The highest BCUT2D eigenvalue weighted by Gasteiger charge is 2.16. The number of aromatic nitrogens is 3. The standard InChI is InChI=1S/C21H16ClFN4O/c1-24-21-15-9-13(14-6-3-7-16(23)18(14)22)10-17(28-2)19(15)26-20(27-21)12-5-4-8-25-11-12/h3-11H,1-2H3,(H,24,26,27). The van der Waals surface area contributed by atoms with Crippen LogP contribution < -0.4 is 10.1 Å². The molecule has 7 heteroatoms. The normalized spacial score (nSPS) is 10.9. The van der Waals surface area contributed by atoms with Crippen molar-refractivity contribution in [1.29, 1.82) is 0 Å². The fourth-order valence-electron chi connectivity index (χ4n) is 3.05. The summed E-state index contributed by atoms with van der Waals surface area (Å²) < 4.78 is 19.5. The quantitative estimate of drug-likeness (QED) is 0.515. The van der Waals surface area contributed by atoms with Gasteiger partial charge in [0.2, 0.25) is 0 Å². The summed E-state index contributed by atoms with van der Waals surface area (Å²) >= 11 is 6.18. The van der Waals surface area contributed by atoms with Crippen LogP contribution in [0.4, 0.5) is 10.2 Å². The molecule has 0 aliphatic carbocycles. The van der Waals surface area contributed by atoms with Crippen LogP contribution in [-0.2, 0) is 0 Å². The van der Waals surface area contributed by atoms with Crippen molar-refractivity contribution >= 4 is 28.3 Å². The zero-order valence-electron chi connectivity index (χ0n) is 15.2. The molecule has 0 atom stereocenters. The van der Waals surface area contributed by atoms with E-state index in [2.05, 4.69) is 20.3 Å². The summed E-state index contributed by atoms with van der Waals surface area (Å²) in [5.41, 5.74) is 2.71. The van der Waals surface area contributed by atoms with Crippen molar-refractivity contribution in [1.82, 2.24) is 15.0 Å². The lowest BCUT2D eigenvalue weighted by atomic mass is 10.0. The second-order valence-corrected chi connectivity index (χ2v) is 6.44. The Labute approximate surface area is 166 Å². The van der Waals surface area contributed by atoms with E-state index in [0.29, 0.717) is 34.0 Å². The minimum absolute atomic E-state index is 0.0582. The third-order valence-electron chi connectivity index (χ3n) is 4.40. The lowest BCUT2D eigenvalue weighted by Gasteiger charge is -2.14. The fourth-order valence-corrected chi connectivity index (χ4v) is 3.29. The van der Waals surface area contributed by atoms with Gasteiger partial charge in [-0.15, -0.1) is 0 Å². The molecule has 0 fully saturated rings. The molecule has 0 spiro atoms. The molecule has 4 rings (SSSR count). The Balaban J connectivity index is 2.00. The zero-order valence-corrected chi connectivity index (χ0v) is 16.0. The molecule has 0 aliphatic rings. The Hall–Kier alpha value is -3.25. The number of methoxy groups -OCH3 is 1. The molecule has 4 aromatic rings. The summed E-state index contributed by atoms with van der Waals surface area (Å²) in [5.74, 6) is 1.21. The smallest absolute Gasteiger partial charge is 0.163 e.